The number of halogens is 2. The summed E-state index contributed by atoms with van der Waals surface area (Å²) >= 11 is 7.68. The third kappa shape index (κ3) is 2.20. The Labute approximate surface area is 114 Å². The number of rotatable bonds is 3. The van der Waals surface area contributed by atoms with Crippen molar-refractivity contribution < 1.29 is 9.13 Å². The number of aryl methyl sites for hydroxylation is 1. The van der Waals surface area contributed by atoms with Crippen molar-refractivity contribution >= 4 is 23.4 Å². The largest absolute Gasteiger partial charge is 0.497 e. The van der Waals surface area contributed by atoms with Crippen LogP contribution in [0.25, 0.3) is 11.3 Å². The van der Waals surface area contributed by atoms with E-state index in [0.29, 0.717) is 22.0 Å². The summed E-state index contributed by atoms with van der Waals surface area (Å²) in [6, 6.07) is 4.62. The zero-order valence-electron chi connectivity index (χ0n) is 10.2. The predicted molar refractivity (Wildman–Crippen MR) is 71.9 cm³/mol. The zero-order chi connectivity index (χ0) is 13.3. The molecule has 0 aliphatic rings. The fraction of sp³-hybridized carbons (Fsp3) is 0.250. The van der Waals surface area contributed by atoms with Gasteiger partial charge in [-0.1, -0.05) is 11.6 Å². The van der Waals surface area contributed by atoms with Crippen LogP contribution in [0, 0.1) is 5.82 Å². The van der Waals surface area contributed by atoms with E-state index in [9.17, 15) is 4.39 Å². The molecule has 0 aliphatic carbocycles. The van der Waals surface area contributed by atoms with Gasteiger partial charge in [-0.2, -0.15) is 5.10 Å². The van der Waals surface area contributed by atoms with Gasteiger partial charge in [0.2, 0.25) is 0 Å². The minimum absolute atomic E-state index is 0.372. The van der Waals surface area contributed by atoms with Gasteiger partial charge in [-0.25, -0.2) is 4.39 Å². The van der Waals surface area contributed by atoms with Gasteiger partial charge in [0.1, 0.15) is 27.3 Å². The Kier molecular flexibility index (Phi) is 3.82. The summed E-state index contributed by atoms with van der Waals surface area (Å²) in [6.45, 7) is 0. The lowest BCUT2D eigenvalue weighted by molar-refractivity contribution is 0.411. The summed E-state index contributed by atoms with van der Waals surface area (Å²) in [5.41, 5.74) is 0.820. The first-order valence-electron chi connectivity index (χ1n) is 5.19. The second kappa shape index (κ2) is 5.20. The van der Waals surface area contributed by atoms with E-state index in [0.717, 1.165) is 5.03 Å². The van der Waals surface area contributed by atoms with Gasteiger partial charge >= 0.3 is 0 Å². The summed E-state index contributed by atoms with van der Waals surface area (Å²) in [5, 5.41) is 5.52. The van der Waals surface area contributed by atoms with Gasteiger partial charge in [0.15, 0.2) is 0 Å². The number of thioether (sulfide) groups is 1. The number of aromatic nitrogens is 2. The van der Waals surface area contributed by atoms with E-state index < -0.39 is 5.82 Å². The van der Waals surface area contributed by atoms with E-state index in [1.54, 1.807) is 23.9 Å². The van der Waals surface area contributed by atoms with Gasteiger partial charge in [0, 0.05) is 18.7 Å². The maximum absolute atomic E-state index is 14.0. The SMILES string of the molecule is COc1ccc(-c2nn(C)c(SC)c2Cl)c(F)c1. The second-order valence-electron chi connectivity index (χ2n) is 3.64. The van der Waals surface area contributed by atoms with Crippen LogP contribution in [0.4, 0.5) is 4.39 Å². The van der Waals surface area contributed by atoms with E-state index in [1.807, 2.05) is 6.26 Å². The fourth-order valence-electron chi connectivity index (χ4n) is 1.69. The molecule has 6 heteroatoms. The molecule has 1 aromatic carbocycles. The summed E-state index contributed by atoms with van der Waals surface area (Å²) in [4.78, 5) is 0. The second-order valence-corrected chi connectivity index (χ2v) is 4.81. The van der Waals surface area contributed by atoms with Crippen LogP contribution in [-0.2, 0) is 7.05 Å². The quantitative estimate of drug-likeness (QED) is 0.807. The maximum Gasteiger partial charge on any atom is 0.136 e. The first-order chi connectivity index (χ1) is 8.58. The third-order valence-electron chi connectivity index (χ3n) is 2.56. The molecule has 0 unspecified atom stereocenters. The van der Waals surface area contributed by atoms with Crippen LogP contribution in [0.1, 0.15) is 0 Å². The average molecular weight is 287 g/mol. The third-order valence-corrected chi connectivity index (χ3v) is 3.89. The van der Waals surface area contributed by atoms with E-state index in [2.05, 4.69) is 5.10 Å². The zero-order valence-corrected chi connectivity index (χ0v) is 11.8. The Morgan fingerprint density at radius 3 is 2.67 bits per heavy atom. The first-order valence-corrected chi connectivity index (χ1v) is 6.79. The Bertz CT molecular complexity index is 586. The van der Waals surface area contributed by atoms with Crippen LogP contribution >= 0.6 is 23.4 Å². The lowest BCUT2D eigenvalue weighted by Crippen LogP contribution is -1.93. The predicted octanol–water partition coefficient (Wildman–Crippen LogP) is 3.61. The Morgan fingerprint density at radius 2 is 2.17 bits per heavy atom. The molecule has 0 bridgehead atoms. The number of hydrogen-bond acceptors (Lipinski definition) is 3. The molecule has 0 atom stereocenters. The molecule has 96 valence electrons. The molecule has 0 aliphatic heterocycles. The highest BCUT2D eigenvalue weighted by molar-refractivity contribution is 7.98. The minimum Gasteiger partial charge on any atom is -0.497 e. The molecule has 0 spiro atoms. The molecule has 0 radical (unpaired) electrons. The first kappa shape index (κ1) is 13.2. The Morgan fingerprint density at radius 1 is 1.44 bits per heavy atom. The van der Waals surface area contributed by atoms with Crippen LogP contribution in [0.3, 0.4) is 0 Å². The Balaban J connectivity index is 2.55. The number of hydrogen-bond donors (Lipinski definition) is 0. The summed E-state index contributed by atoms with van der Waals surface area (Å²) in [6.07, 6.45) is 1.90. The van der Waals surface area contributed by atoms with Crippen molar-refractivity contribution in [3.8, 4) is 17.0 Å². The topological polar surface area (TPSA) is 27.1 Å². The van der Waals surface area contributed by atoms with Crippen LogP contribution in [0.5, 0.6) is 5.75 Å². The number of methoxy groups -OCH3 is 1. The molecular formula is C12H12ClFN2OS. The molecule has 0 saturated carbocycles. The van der Waals surface area contributed by atoms with Crippen molar-refractivity contribution in [1.82, 2.24) is 9.78 Å². The molecule has 1 aromatic heterocycles. The van der Waals surface area contributed by atoms with Crippen LogP contribution in [0.2, 0.25) is 5.02 Å². The maximum atomic E-state index is 14.0. The van der Waals surface area contributed by atoms with Crippen molar-refractivity contribution in [2.75, 3.05) is 13.4 Å². The van der Waals surface area contributed by atoms with Crippen LogP contribution in [-0.4, -0.2) is 23.1 Å². The van der Waals surface area contributed by atoms with Gasteiger partial charge in [0.25, 0.3) is 0 Å². The van der Waals surface area contributed by atoms with E-state index in [-0.39, 0.29) is 0 Å². The molecular weight excluding hydrogens is 275 g/mol. The molecule has 2 rings (SSSR count). The highest BCUT2D eigenvalue weighted by Gasteiger charge is 2.18. The summed E-state index contributed by atoms with van der Waals surface area (Å²) in [5.74, 6) is 0.0652. The standard InChI is InChI=1S/C12H12ClFN2OS/c1-16-12(18-3)10(13)11(15-16)8-5-4-7(17-2)6-9(8)14/h4-6H,1-3H3. The lowest BCUT2D eigenvalue weighted by Gasteiger charge is -2.03. The lowest BCUT2D eigenvalue weighted by atomic mass is 10.1. The van der Waals surface area contributed by atoms with E-state index >= 15 is 0 Å². The van der Waals surface area contributed by atoms with Gasteiger partial charge in [-0.3, -0.25) is 4.68 Å². The highest BCUT2D eigenvalue weighted by atomic mass is 35.5. The average Bonchev–Trinajstić information content (AvgIpc) is 2.64. The number of ether oxygens (including phenoxy) is 1. The molecule has 0 fully saturated rings. The van der Waals surface area contributed by atoms with Gasteiger partial charge < -0.3 is 4.74 Å². The van der Waals surface area contributed by atoms with Crippen molar-refractivity contribution in [3.05, 3.63) is 29.0 Å². The molecule has 0 saturated heterocycles. The number of benzene rings is 1. The number of nitrogens with zero attached hydrogens (tertiary/aromatic N) is 2. The van der Waals surface area contributed by atoms with Crippen molar-refractivity contribution in [3.63, 3.8) is 0 Å². The van der Waals surface area contributed by atoms with E-state index in [4.69, 9.17) is 16.3 Å². The van der Waals surface area contributed by atoms with E-state index in [1.165, 1.54) is 24.9 Å². The van der Waals surface area contributed by atoms with Gasteiger partial charge in [-0.15, -0.1) is 11.8 Å². The molecule has 1 heterocycles. The normalized spacial score (nSPS) is 10.7. The molecule has 2 aromatic rings. The molecule has 3 nitrogen and oxygen atoms in total. The monoisotopic (exact) mass is 286 g/mol. The van der Waals surface area contributed by atoms with Gasteiger partial charge in [0.05, 0.1) is 7.11 Å². The molecule has 0 N–H and O–H groups in total. The summed E-state index contributed by atoms with van der Waals surface area (Å²) in [7, 11) is 3.27. The fourth-order valence-corrected chi connectivity index (χ4v) is 2.77. The smallest absolute Gasteiger partial charge is 0.136 e. The van der Waals surface area contributed by atoms with Crippen molar-refractivity contribution in [1.29, 1.82) is 0 Å². The van der Waals surface area contributed by atoms with Gasteiger partial charge in [-0.05, 0) is 18.4 Å². The Hall–Kier alpha value is -1.20. The van der Waals surface area contributed by atoms with Crippen LogP contribution < -0.4 is 4.74 Å². The molecule has 0 amide bonds. The minimum atomic E-state index is -0.401. The van der Waals surface area contributed by atoms with Crippen molar-refractivity contribution in [2.45, 2.75) is 5.03 Å². The highest BCUT2D eigenvalue weighted by Crippen LogP contribution is 2.36. The van der Waals surface area contributed by atoms with Crippen molar-refractivity contribution in [2.24, 2.45) is 7.05 Å². The summed E-state index contributed by atoms with van der Waals surface area (Å²) < 4.78 is 20.6. The molecule has 18 heavy (non-hydrogen) atoms. The van der Waals surface area contributed by atoms with Crippen LogP contribution in [0.15, 0.2) is 23.2 Å².